The lowest BCUT2D eigenvalue weighted by Gasteiger charge is -1.99. The lowest BCUT2D eigenvalue weighted by Crippen LogP contribution is -2.01. The number of nitrogen functional groups attached to an aromatic ring is 1. The molecule has 0 amide bonds. The second-order valence-corrected chi connectivity index (χ2v) is 3.01. The molecule has 0 saturated heterocycles. The number of rotatable bonds is 0. The van der Waals surface area contributed by atoms with Crippen LogP contribution >= 0.6 is 0 Å². The van der Waals surface area contributed by atoms with E-state index in [1.807, 2.05) is 7.05 Å². The van der Waals surface area contributed by atoms with Crippen molar-refractivity contribution in [1.82, 2.24) is 29.6 Å². The van der Waals surface area contributed by atoms with Gasteiger partial charge in [-0.15, -0.1) is 15.3 Å². The molecular formula is C7H7N7. The van der Waals surface area contributed by atoms with Gasteiger partial charge in [-0.25, -0.2) is 0 Å². The maximum atomic E-state index is 5.78. The Morgan fingerprint density at radius 1 is 1.43 bits per heavy atom. The normalized spacial score (nSPS) is 11.5. The van der Waals surface area contributed by atoms with Crippen molar-refractivity contribution < 1.29 is 0 Å². The van der Waals surface area contributed by atoms with Crippen LogP contribution in [0.2, 0.25) is 0 Å². The van der Waals surface area contributed by atoms with Crippen LogP contribution in [0.5, 0.6) is 0 Å². The minimum Gasteiger partial charge on any atom is -0.380 e. The number of fused-ring (bicyclic) bond motifs is 3. The molecule has 0 aliphatic rings. The van der Waals surface area contributed by atoms with Gasteiger partial charge in [-0.3, -0.25) is 4.68 Å². The van der Waals surface area contributed by atoms with Crippen LogP contribution in [0.3, 0.4) is 0 Å². The molecule has 7 heteroatoms. The number of nitrogens with two attached hydrogens (primary N) is 1. The smallest absolute Gasteiger partial charge is 0.188 e. The molecule has 0 unspecified atom stereocenters. The van der Waals surface area contributed by atoms with Crippen molar-refractivity contribution in [3.63, 3.8) is 0 Å². The molecule has 0 saturated carbocycles. The number of aryl methyl sites for hydroxylation is 1. The van der Waals surface area contributed by atoms with E-state index in [0.29, 0.717) is 11.5 Å². The molecule has 0 aromatic carbocycles. The van der Waals surface area contributed by atoms with E-state index in [9.17, 15) is 0 Å². The molecule has 3 aromatic heterocycles. The zero-order valence-corrected chi connectivity index (χ0v) is 7.42. The van der Waals surface area contributed by atoms with Crippen molar-refractivity contribution in [3.8, 4) is 0 Å². The molecule has 0 aliphatic carbocycles. The quantitative estimate of drug-likeness (QED) is 0.519. The average Bonchev–Trinajstić information content (AvgIpc) is 2.71. The van der Waals surface area contributed by atoms with Crippen molar-refractivity contribution in [2.75, 3.05) is 5.73 Å². The van der Waals surface area contributed by atoms with Crippen molar-refractivity contribution >= 4 is 22.4 Å². The molecule has 3 heterocycles. The number of hydrogen-bond donors (Lipinski definition) is 1. The largest absolute Gasteiger partial charge is 0.380 e. The summed E-state index contributed by atoms with van der Waals surface area (Å²) in [5.41, 5.74) is 7.23. The summed E-state index contributed by atoms with van der Waals surface area (Å²) in [6.45, 7) is 0. The molecule has 70 valence electrons. The molecule has 0 spiro atoms. The molecule has 0 radical (unpaired) electrons. The van der Waals surface area contributed by atoms with Crippen LogP contribution in [0.15, 0.2) is 12.5 Å². The van der Waals surface area contributed by atoms with Crippen molar-refractivity contribution in [3.05, 3.63) is 12.5 Å². The lowest BCUT2D eigenvalue weighted by molar-refractivity contribution is 0.794. The highest BCUT2D eigenvalue weighted by molar-refractivity contribution is 5.96. The molecule has 3 aromatic rings. The number of anilines is 1. The van der Waals surface area contributed by atoms with E-state index >= 15 is 0 Å². The molecule has 0 fully saturated rings. The first-order valence-electron chi connectivity index (χ1n) is 4.04. The Labute approximate surface area is 78.1 Å². The summed E-state index contributed by atoms with van der Waals surface area (Å²) in [5.74, 6) is 0.423. The summed E-state index contributed by atoms with van der Waals surface area (Å²) in [6.07, 6.45) is 3.22. The summed E-state index contributed by atoms with van der Waals surface area (Å²) in [5, 5.41) is 16.8. The highest BCUT2D eigenvalue weighted by Crippen LogP contribution is 2.20. The van der Waals surface area contributed by atoms with Crippen LogP contribution in [-0.4, -0.2) is 29.6 Å². The van der Waals surface area contributed by atoms with Crippen molar-refractivity contribution in [1.29, 1.82) is 0 Å². The van der Waals surface area contributed by atoms with Crippen LogP contribution in [0.25, 0.3) is 16.6 Å². The van der Waals surface area contributed by atoms with Crippen LogP contribution in [0, 0.1) is 0 Å². The maximum Gasteiger partial charge on any atom is 0.188 e. The number of aromatic nitrogens is 6. The van der Waals surface area contributed by atoms with Gasteiger partial charge < -0.3 is 5.73 Å². The Morgan fingerprint density at radius 3 is 3.14 bits per heavy atom. The summed E-state index contributed by atoms with van der Waals surface area (Å²) in [7, 11) is 1.81. The first-order valence-corrected chi connectivity index (χ1v) is 4.04. The van der Waals surface area contributed by atoms with Crippen molar-refractivity contribution in [2.24, 2.45) is 7.05 Å². The summed E-state index contributed by atoms with van der Waals surface area (Å²) in [4.78, 5) is 0. The Balaban J connectivity index is 2.68. The highest BCUT2D eigenvalue weighted by Gasteiger charge is 2.11. The third-order valence-corrected chi connectivity index (χ3v) is 2.17. The molecule has 7 nitrogen and oxygen atoms in total. The van der Waals surface area contributed by atoms with Gasteiger partial charge in [-0.2, -0.15) is 9.61 Å². The fourth-order valence-corrected chi connectivity index (χ4v) is 1.55. The Hall–Kier alpha value is -2.18. The summed E-state index contributed by atoms with van der Waals surface area (Å²) < 4.78 is 3.21. The Kier molecular flexibility index (Phi) is 1.13. The van der Waals surface area contributed by atoms with E-state index in [-0.39, 0.29) is 0 Å². The second-order valence-electron chi connectivity index (χ2n) is 3.01. The van der Waals surface area contributed by atoms with Gasteiger partial charge in [-0.1, -0.05) is 0 Å². The topological polar surface area (TPSA) is 86.9 Å². The first kappa shape index (κ1) is 7.25. The average molecular weight is 189 g/mol. The minimum absolute atomic E-state index is 0.423. The van der Waals surface area contributed by atoms with E-state index < -0.39 is 0 Å². The predicted molar refractivity (Wildman–Crippen MR) is 49.5 cm³/mol. The predicted octanol–water partition coefficient (Wildman–Crippen LogP) is -0.407. The van der Waals surface area contributed by atoms with Crippen LogP contribution < -0.4 is 5.73 Å². The monoisotopic (exact) mass is 189 g/mol. The molecule has 0 atom stereocenters. The SMILES string of the molecule is Cn1ncc2c1c(N)nn1cnnc21. The molecular weight excluding hydrogens is 182 g/mol. The van der Waals surface area contributed by atoms with E-state index in [1.54, 1.807) is 15.4 Å². The van der Waals surface area contributed by atoms with E-state index in [1.165, 1.54) is 6.33 Å². The second kappa shape index (κ2) is 2.19. The van der Waals surface area contributed by atoms with E-state index in [0.717, 1.165) is 10.9 Å². The zero-order valence-electron chi connectivity index (χ0n) is 7.42. The van der Waals surface area contributed by atoms with Gasteiger partial charge in [0, 0.05) is 7.05 Å². The highest BCUT2D eigenvalue weighted by atomic mass is 15.4. The van der Waals surface area contributed by atoms with Crippen LogP contribution in [-0.2, 0) is 7.05 Å². The standard InChI is InChI=1S/C7H7N7/c1-13-5-4(2-10-13)7-11-9-3-14(7)12-6(5)8/h2-3H,1H3,(H2,8,12). The Bertz CT molecular complexity index is 619. The Morgan fingerprint density at radius 2 is 2.29 bits per heavy atom. The fourth-order valence-electron chi connectivity index (χ4n) is 1.55. The molecule has 2 N–H and O–H groups in total. The van der Waals surface area contributed by atoms with Crippen LogP contribution in [0.4, 0.5) is 5.82 Å². The van der Waals surface area contributed by atoms with Gasteiger partial charge in [-0.05, 0) is 0 Å². The third-order valence-electron chi connectivity index (χ3n) is 2.17. The zero-order chi connectivity index (χ0) is 9.71. The number of nitrogens with zero attached hydrogens (tertiary/aromatic N) is 6. The van der Waals surface area contributed by atoms with Crippen LogP contribution in [0.1, 0.15) is 0 Å². The van der Waals surface area contributed by atoms with E-state index in [4.69, 9.17) is 5.73 Å². The van der Waals surface area contributed by atoms with Gasteiger partial charge >= 0.3 is 0 Å². The summed E-state index contributed by atoms with van der Waals surface area (Å²) >= 11 is 0. The van der Waals surface area contributed by atoms with Gasteiger partial charge in [0.25, 0.3) is 0 Å². The van der Waals surface area contributed by atoms with Crippen molar-refractivity contribution in [2.45, 2.75) is 0 Å². The van der Waals surface area contributed by atoms with Gasteiger partial charge in [0.15, 0.2) is 11.5 Å². The molecule has 14 heavy (non-hydrogen) atoms. The van der Waals surface area contributed by atoms with Gasteiger partial charge in [0.05, 0.1) is 11.6 Å². The minimum atomic E-state index is 0.423. The first-order chi connectivity index (χ1) is 6.77. The molecule has 0 aliphatic heterocycles. The number of hydrogen-bond acceptors (Lipinski definition) is 5. The van der Waals surface area contributed by atoms with Gasteiger partial charge in [0.1, 0.15) is 11.8 Å². The molecule has 0 bridgehead atoms. The van der Waals surface area contributed by atoms with Gasteiger partial charge in [0.2, 0.25) is 0 Å². The van der Waals surface area contributed by atoms with E-state index in [2.05, 4.69) is 20.4 Å². The summed E-state index contributed by atoms with van der Waals surface area (Å²) in [6, 6.07) is 0. The lowest BCUT2D eigenvalue weighted by atomic mass is 10.3. The molecule has 3 rings (SSSR count). The maximum absolute atomic E-state index is 5.78. The fraction of sp³-hybridized carbons (Fsp3) is 0.143. The third kappa shape index (κ3) is 0.709.